The van der Waals surface area contributed by atoms with Gasteiger partial charge >= 0.3 is 0 Å². The van der Waals surface area contributed by atoms with Gasteiger partial charge in [-0.15, -0.1) is 0 Å². The molecule has 1 N–H and O–H groups in total. The molecule has 2 nitrogen and oxygen atoms in total. The van der Waals surface area contributed by atoms with Gasteiger partial charge in [0.25, 0.3) is 0 Å². The predicted octanol–water partition coefficient (Wildman–Crippen LogP) is 3.59. The summed E-state index contributed by atoms with van der Waals surface area (Å²) in [5.74, 6) is 0. The predicted molar refractivity (Wildman–Crippen MR) is 89.2 cm³/mol. The van der Waals surface area contributed by atoms with Crippen molar-refractivity contribution in [2.24, 2.45) is 0 Å². The Hall–Kier alpha value is -0.670. The van der Waals surface area contributed by atoms with Crippen LogP contribution in [0, 0.1) is 0 Å². The Labute approximate surface area is 131 Å². The fraction of sp³-hybridized carbons (Fsp3) is 0.667. The van der Waals surface area contributed by atoms with Gasteiger partial charge in [0.15, 0.2) is 0 Å². The lowest BCUT2D eigenvalue weighted by Gasteiger charge is -2.29. The highest BCUT2D eigenvalue weighted by atomic mass is 32.2. The summed E-state index contributed by atoms with van der Waals surface area (Å²) in [4.78, 5) is 1.07. The molecule has 3 heteroatoms. The Morgan fingerprint density at radius 1 is 1.19 bits per heavy atom. The van der Waals surface area contributed by atoms with Crippen molar-refractivity contribution in [1.29, 1.82) is 0 Å². The Bertz CT molecular complexity index is 514. The minimum absolute atomic E-state index is 0.340. The van der Waals surface area contributed by atoms with E-state index in [-0.39, 0.29) is 0 Å². The first kappa shape index (κ1) is 15.2. The van der Waals surface area contributed by atoms with E-state index in [0.29, 0.717) is 11.3 Å². The lowest BCUT2D eigenvalue weighted by Crippen LogP contribution is -2.37. The molecule has 21 heavy (non-hydrogen) atoms. The number of rotatable bonds is 5. The van der Waals surface area contributed by atoms with Gasteiger partial charge in [-0.2, -0.15) is 0 Å². The fourth-order valence-electron chi connectivity index (χ4n) is 3.74. The smallest absolute Gasteiger partial charge is 0.0561 e. The van der Waals surface area contributed by atoms with Crippen LogP contribution in [0.2, 0.25) is 0 Å². The average molecular weight is 305 g/mol. The highest BCUT2D eigenvalue weighted by Gasteiger charge is 2.27. The number of benzene rings is 1. The Morgan fingerprint density at radius 3 is 2.90 bits per heavy atom. The third-order valence-electron chi connectivity index (χ3n) is 4.91. The van der Waals surface area contributed by atoms with Crippen molar-refractivity contribution in [1.82, 2.24) is 5.32 Å². The van der Waals surface area contributed by atoms with Crippen molar-refractivity contribution < 1.29 is 4.21 Å². The van der Waals surface area contributed by atoms with Crippen LogP contribution in [0.5, 0.6) is 0 Å². The molecule has 3 unspecified atom stereocenters. The number of hydrogen-bond donors (Lipinski definition) is 1. The summed E-state index contributed by atoms with van der Waals surface area (Å²) in [6.07, 6.45) is 9.46. The van der Waals surface area contributed by atoms with E-state index >= 15 is 0 Å². The molecule has 3 atom stereocenters. The van der Waals surface area contributed by atoms with Gasteiger partial charge in [-0.25, -0.2) is 0 Å². The molecular weight excluding hydrogens is 278 g/mol. The maximum Gasteiger partial charge on any atom is 0.0561 e. The summed E-state index contributed by atoms with van der Waals surface area (Å²) in [6.45, 7) is 3.29. The van der Waals surface area contributed by atoms with Gasteiger partial charge in [-0.1, -0.05) is 19.4 Å². The first-order chi connectivity index (χ1) is 10.3. The van der Waals surface area contributed by atoms with E-state index in [4.69, 9.17) is 0 Å². The van der Waals surface area contributed by atoms with Crippen molar-refractivity contribution in [2.45, 2.75) is 74.5 Å². The van der Waals surface area contributed by atoms with Crippen LogP contribution < -0.4 is 5.32 Å². The Balaban J connectivity index is 1.67. The van der Waals surface area contributed by atoms with Gasteiger partial charge < -0.3 is 5.32 Å². The molecule has 0 bridgehead atoms. The molecule has 1 aromatic carbocycles. The van der Waals surface area contributed by atoms with Crippen LogP contribution in [0.1, 0.15) is 56.6 Å². The molecule has 1 saturated carbocycles. The SMILES string of the molecule is CCCNC1CCCC(S(=O)c2ccc3c(c2)CCC3)C1. The van der Waals surface area contributed by atoms with Crippen LogP contribution in [-0.2, 0) is 23.6 Å². The van der Waals surface area contributed by atoms with E-state index in [1.807, 2.05) is 0 Å². The second-order valence-corrected chi connectivity index (χ2v) is 8.25. The maximum absolute atomic E-state index is 12.9. The topological polar surface area (TPSA) is 29.1 Å². The summed E-state index contributed by atoms with van der Waals surface area (Å²) in [5.41, 5.74) is 2.92. The summed E-state index contributed by atoms with van der Waals surface area (Å²) >= 11 is 0. The monoisotopic (exact) mass is 305 g/mol. The quantitative estimate of drug-likeness (QED) is 0.900. The third kappa shape index (κ3) is 3.57. The molecule has 0 amide bonds. The number of hydrogen-bond acceptors (Lipinski definition) is 2. The first-order valence-corrected chi connectivity index (χ1v) is 9.75. The molecule has 0 saturated heterocycles. The molecular formula is C18H27NOS. The largest absolute Gasteiger partial charge is 0.314 e. The van der Waals surface area contributed by atoms with Crippen molar-refractivity contribution in [3.05, 3.63) is 29.3 Å². The molecule has 116 valence electrons. The summed E-state index contributed by atoms with van der Waals surface area (Å²) in [6, 6.07) is 7.12. The van der Waals surface area contributed by atoms with Crippen molar-refractivity contribution in [2.75, 3.05) is 6.54 Å². The number of aryl methyl sites for hydroxylation is 2. The van der Waals surface area contributed by atoms with Crippen molar-refractivity contribution in [3.63, 3.8) is 0 Å². The van der Waals surface area contributed by atoms with E-state index < -0.39 is 10.8 Å². The fourth-order valence-corrected chi connectivity index (χ4v) is 5.37. The Kier molecular flexibility index (Phi) is 5.12. The van der Waals surface area contributed by atoms with Crippen molar-refractivity contribution >= 4 is 10.8 Å². The lowest BCUT2D eigenvalue weighted by molar-refractivity contribution is 0.378. The highest BCUT2D eigenvalue weighted by molar-refractivity contribution is 7.85. The second-order valence-electron chi connectivity index (χ2n) is 6.52. The molecule has 3 rings (SSSR count). The number of fused-ring (bicyclic) bond motifs is 1. The van der Waals surface area contributed by atoms with E-state index in [9.17, 15) is 4.21 Å². The van der Waals surface area contributed by atoms with Crippen LogP contribution in [0.15, 0.2) is 23.1 Å². The standard InChI is InChI=1S/C18H27NOS/c1-2-11-19-16-7-4-8-17(13-16)21(20)18-10-9-14-5-3-6-15(14)12-18/h9-10,12,16-17,19H,2-8,11,13H2,1H3. The normalized spacial score (nSPS) is 26.5. The summed E-state index contributed by atoms with van der Waals surface area (Å²) < 4.78 is 12.9. The van der Waals surface area contributed by atoms with Gasteiger partial charge in [0, 0.05) is 16.2 Å². The van der Waals surface area contributed by atoms with Crippen LogP contribution in [-0.4, -0.2) is 22.0 Å². The molecule has 0 aromatic heterocycles. The van der Waals surface area contributed by atoms with Gasteiger partial charge in [0.05, 0.1) is 10.8 Å². The molecule has 0 heterocycles. The zero-order valence-electron chi connectivity index (χ0n) is 13.1. The van der Waals surface area contributed by atoms with Gasteiger partial charge in [-0.05, 0) is 74.8 Å². The zero-order valence-corrected chi connectivity index (χ0v) is 13.9. The molecule has 0 spiro atoms. The van der Waals surface area contributed by atoms with Gasteiger partial charge in [0.2, 0.25) is 0 Å². The molecule has 2 aliphatic carbocycles. The molecule has 0 aliphatic heterocycles. The van der Waals surface area contributed by atoms with Gasteiger partial charge in [-0.3, -0.25) is 4.21 Å². The Morgan fingerprint density at radius 2 is 2.05 bits per heavy atom. The minimum Gasteiger partial charge on any atom is -0.314 e. The van der Waals surface area contributed by atoms with E-state index in [1.54, 1.807) is 0 Å². The minimum atomic E-state index is -0.828. The second kappa shape index (κ2) is 7.06. The van der Waals surface area contributed by atoms with Crippen molar-refractivity contribution in [3.8, 4) is 0 Å². The third-order valence-corrected chi connectivity index (χ3v) is 6.67. The molecule has 2 aliphatic rings. The van der Waals surface area contributed by atoms with Crippen LogP contribution in [0.25, 0.3) is 0 Å². The van der Waals surface area contributed by atoms with E-state index in [1.165, 1.54) is 49.7 Å². The molecule has 1 aromatic rings. The average Bonchev–Trinajstić information content (AvgIpc) is 3.00. The van der Waals surface area contributed by atoms with E-state index in [2.05, 4.69) is 30.4 Å². The summed E-state index contributed by atoms with van der Waals surface area (Å²) in [5, 5.41) is 3.96. The van der Waals surface area contributed by atoms with Crippen LogP contribution in [0.3, 0.4) is 0 Å². The van der Waals surface area contributed by atoms with Crippen LogP contribution in [0.4, 0.5) is 0 Å². The van der Waals surface area contributed by atoms with Crippen LogP contribution >= 0.6 is 0 Å². The lowest BCUT2D eigenvalue weighted by atomic mass is 9.95. The summed E-state index contributed by atoms with van der Waals surface area (Å²) in [7, 11) is -0.828. The maximum atomic E-state index is 12.9. The number of nitrogens with one attached hydrogen (secondary N) is 1. The van der Waals surface area contributed by atoms with Gasteiger partial charge in [0.1, 0.15) is 0 Å². The highest BCUT2D eigenvalue weighted by Crippen LogP contribution is 2.29. The zero-order chi connectivity index (χ0) is 14.7. The van der Waals surface area contributed by atoms with E-state index in [0.717, 1.165) is 24.3 Å². The first-order valence-electron chi connectivity index (χ1n) is 8.53. The molecule has 1 fully saturated rings. The molecule has 0 radical (unpaired) electrons.